The minimum absolute atomic E-state index is 0.649. The van der Waals surface area contributed by atoms with Crippen molar-refractivity contribution in [3.05, 3.63) is 64.7 Å². The zero-order valence-electron chi connectivity index (χ0n) is 13.1. The molecule has 0 radical (unpaired) electrons. The molecule has 0 amide bonds. The van der Waals surface area contributed by atoms with E-state index < -0.39 is 0 Å². The van der Waals surface area contributed by atoms with E-state index in [-0.39, 0.29) is 0 Å². The van der Waals surface area contributed by atoms with Crippen LogP contribution < -0.4 is 10.6 Å². The molecule has 2 N–H and O–H groups in total. The molecule has 0 fully saturated rings. The number of thioether (sulfide) groups is 1. The van der Waals surface area contributed by atoms with Gasteiger partial charge in [0.15, 0.2) is 5.11 Å². The first-order valence-corrected chi connectivity index (χ1v) is 9.51. The van der Waals surface area contributed by atoms with Crippen molar-refractivity contribution in [2.45, 2.75) is 19.1 Å². The van der Waals surface area contributed by atoms with Crippen LogP contribution in [0.2, 0.25) is 5.02 Å². The molecule has 5 heteroatoms. The second-order valence-corrected chi connectivity index (χ2v) is 7.23. The van der Waals surface area contributed by atoms with Crippen LogP contribution in [0.15, 0.2) is 48.5 Å². The second-order valence-electron chi connectivity index (χ2n) is 5.28. The Hall–Kier alpha value is -1.23. The summed E-state index contributed by atoms with van der Waals surface area (Å²) in [6.07, 6.45) is 1.08. The fraction of sp³-hybridized carbons (Fsp3) is 0.278. The highest BCUT2D eigenvalue weighted by atomic mass is 35.5. The van der Waals surface area contributed by atoms with Gasteiger partial charge in [0.25, 0.3) is 0 Å². The standard InChI is InChI=1S/C18H21ClN2S2/c1-14-4-2-5-15(12-14)13-23-11-3-10-20-18(22)21-17-8-6-16(19)7-9-17/h2,4-9,12H,3,10-11,13H2,1H3,(H2,20,21,22). The van der Waals surface area contributed by atoms with Crippen molar-refractivity contribution in [1.29, 1.82) is 0 Å². The number of anilines is 1. The van der Waals surface area contributed by atoms with Gasteiger partial charge in [-0.15, -0.1) is 0 Å². The zero-order valence-corrected chi connectivity index (χ0v) is 15.5. The fourth-order valence-corrected chi connectivity index (χ4v) is 3.33. The van der Waals surface area contributed by atoms with Gasteiger partial charge in [0, 0.05) is 23.0 Å². The molecule has 0 saturated heterocycles. The molecule has 23 heavy (non-hydrogen) atoms. The Balaban J connectivity index is 1.56. The number of hydrogen-bond acceptors (Lipinski definition) is 2. The van der Waals surface area contributed by atoms with Crippen LogP contribution in [0.4, 0.5) is 5.69 Å². The lowest BCUT2D eigenvalue weighted by molar-refractivity contribution is 0.854. The molecule has 0 heterocycles. The number of halogens is 1. The summed E-state index contributed by atoms with van der Waals surface area (Å²) in [6.45, 7) is 3.01. The molecule has 2 aromatic rings. The molecule has 0 spiro atoms. The van der Waals surface area contributed by atoms with Crippen molar-refractivity contribution in [2.24, 2.45) is 0 Å². The van der Waals surface area contributed by atoms with Crippen molar-refractivity contribution in [2.75, 3.05) is 17.6 Å². The third-order valence-corrected chi connectivity index (χ3v) is 4.82. The van der Waals surface area contributed by atoms with Crippen LogP contribution in [0.5, 0.6) is 0 Å². The summed E-state index contributed by atoms with van der Waals surface area (Å²) in [5, 5.41) is 7.75. The van der Waals surface area contributed by atoms with E-state index in [1.807, 2.05) is 36.0 Å². The molecule has 0 aliphatic heterocycles. The van der Waals surface area contributed by atoms with Crippen molar-refractivity contribution in [1.82, 2.24) is 5.32 Å². The van der Waals surface area contributed by atoms with Crippen molar-refractivity contribution in [3.63, 3.8) is 0 Å². The molecular formula is C18H21ClN2S2. The van der Waals surface area contributed by atoms with Crippen LogP contribution in [-0.4, -0.2) is 17.4 Å². The van der Waals surface area contributed by atoms with Crippen LogP contribution in [-0.2, 0) is 5.75 Å². The van der Waals surface area contributed by atoms with Crippen molar-refractivity contribution in [3.8, 4) is 0 Å². The largest absolute Gasteiger partial charge is 0.362 e. The van der Waals surface area contributed by atoms with Crippen LogP contribution >= 0.6 is 35.6 Å². The lowest BCUT2D eigenvalue weighted by atomic mass is 10.2. The lowest BCUT2D eigenvalue weighted by Crippen LogP contribution is -2.29. The number of rotatable bonds is 7. The number of nitrogens with one attached hydrogen (secondary N) is 2. The third-order valence-electron chi connectivity index (χ3n) is 3.20. The van der Waals surface area contributed by atoms with E-state index in [9.17, 15) is 0 Å². The summed E-state index contributed by atoms with van der Waals surface area (Å²) in [6, 6.07) is 16.2. The van der Waals surface area contributed by atoms with Gasteiger partial charge >= 0.3 is 0 Å². The number of hydrogen-bond donors (Lipinski definition) is 2. The summed E-state index contributed by atoms with van der Waals surface area (Å²) in [4.78, 5) is 0. The third kappa shape index (κ3) is 7.25. The molecule has 2 nitrogen and oxygen atoms in total. The predicted octanol–water partition coefficient (Wildman–Crippen LogP) is 5.26. The Kier molecular flexibility index (Phi) is 7.72. The molecule has 0 aromatic heterocycles. The quantitative estimate of drug-likeness (QED) is 0.517. The second kappa shape index (κ2) is 9.81. The van der Waals surface area contributed by atoms with E-state index in [0.29, 0.717) is 5.11 Å². The molecular weight excluding hydrogens is 344 g/mol. The van der Waals surface area contributed by atoms with Gasteiger partial charge in [-0.25, -0.2) is 0 Å². The van der Waals surface area contributed by atoms with Gasteiger partial charge in [-0.3, -0.25) is 0 Å². The predicted molar refractivity (Wildman–Crippen MR) is 108 cm³/mol. The maximum absolute atomic E-state index is 5.85. The average molecular weight is 365 g/mol. The summed E-state index contributed by atoms with van der Waals surface area (Å²) in [7, 11) is 0. The molecule has 0 atom stereocenters. The molecule has 0 unspecified atom stereocenters. The molecule has 0 aliphatic carbocycles. The van der Waals surface area contributed by atoms with E-state index in [1.165, 1.54) is 11.1 Å². The molecule has 0 aliphatic rings. The zero-order chi connectivity index (χ0) is 16.5. The molecule has 0 bridgehead atoms. The van der Waals surface area contributed by atoms with Gasteiger partial charge in [-0.1, -0.05) is 41.4 Å². The summed E-state index contributed by atoms with van der Waals surface area (Å²) < 4.78 is 0. The minimum atomic E-state index is 0.649. The van der Waals surface area contributed by atoms with Crippen LogP contribution in [0.1, 0.15) is 17.5 Å². The van der Waals surface area contributed by atoms with Crippen LogP contribution in [0.3, 0.4) is 0 Å². The molecule has 0 saturated carbocycles. The maximum Gasteiger partial charge on any atom is 0.170 e. The van der Waals surface area contributed by atoms with Gasteiger partial charge in [-0.05, 0) is 61.1 Å². The van der Waals surface area contributed by atoms with Gasteiger partial charge in [0.05, 0.1) is 0 Å². The van der Waals surface area contributed by atoms with Crippen molar-refractivity contribution >= 4 is 46.4 Å². The smallest absolute Gasteiger partial charge is 0.170 e. The Morgan fingerprint density at radius 3 is 2.70 bits per heavy atom. The lowest BCUT2D eigenvalue weighted by Gasteiger charge is -2.10. The van der Waals surface area contributed by atoms with E-state index in [2.05, 4.69) is 41.8 Å². The highest BCUT2D eigenvalue weighted by Crippen LogP contribution is 2.14. The maximum atomic E-state index is 5.85. The van der Waals surface area contributed by atoms with E-state index in [0.717, 1.165) is 35.2 Å². The van der Waals surface area contributed by atoms with Crippen LogP contribution in [0, 0.1) is 6.92 Å². The fourth-order valence-electron chi connectivity index (χ4n) is 2.08. The number of aryl methyl sites for hydroxylation is 1. The Bertz CT molecular complexity index is 629. The van der Waals surface area contributed by atoms with Gasteiger partial charge in [-0.2, -0.15) is 11.8 Å². The summed E-state index contributed by atoms with van der Waals surface area (Å²) in [5.41, 5.74) is 3.66. The number of thiocarbonyl (C=S) groups is 1. The minimum Gasteiger partial charge on any atom is -0.362 e. The Morgan fingerprint density at radius 1 is 1.17 bits per heavy atom. The highest BCUT2D eigenvalue weighted by Gasteiger charge is 1.98. The molecule has 122 valence electrons. The van der Waals surface area contributed by atoms with E-state index in [4.69, 9.17) is 23.8 Å². The first kappa shape index (κ1) is 18.1. The Morgan fingerprint density at radius 2 is 1.96 bits per heavy atom. The monoisotopic (exact) mass is 364 g/mol. The molecule has 2 aromatic carbocycles. The highest BCUT2D eigenvalue weighted by molar-refractivity contribution is 7.98. The van der Waals surface area contributed by atoms with E-state index in [1.54, 1.807) is 0 Å². The van der Waals surface area contributed by atoms with Crippen LogP contribution in [0.25, 0.3) is 0 Å². The van der Waals surface area contributed by atoms with Gasteiger partial charge in [0.2, 0.25) is 0 Å². The topological polar surface area (TPSA) is 24.1 Å². The first-order chi connectivity index (χ1) is 11.1. The first-order valence-electron chi connectivity index (χ1n) is 7.57. The van der Waals surface area contributed by atoms with E-state index >= 15 is 0 Å². The SMILES string of the molecule is Cc1cccc(CSCCCNC(=S)Nc2ccc(Cl)cc2)c1. The average Bonchev–Trinajstić information content (AvgIpc) is 2.53. The van der Waals surface area contributed by atoms with Gasteiger partial charge < -0.3 is 10.6 Å². The summed E-state index contributed by atoms with van der Waals surface area (Å²) >= 11 is 13.1. The van der Waals surface area contributed by atoms with Gasteiger partial charge in [0.1, 0.15) is 0 Å². The number of benzene rings is 2. The molecule has 2 rings (SSSR count). The Labute approximate surface area is 153 Å². The van der Waals surface area contributed by atoms with Crippen molar-refractivity contribution < 1.29 is 0 Å². The summed E-state index contributed by atoms with van der Waals surface area (Å²) in [5.74, 6) is 2.18. The normalized spacial score (nSPS) is 10.3.